The van der Waals surface area contributed by atoms with Crippen LogP contribution in [0.4, 0.5) is 5.69 Å². The lowest BCUT2D eigenvalue weighted by molar-refractivity contribution is 0.474. The predicted molar refractivity (Wildman–Crippen MR) is 80.4 cm³/mol. The largest absolute Gasteiger partial charge is 0.507 e. The van der Waals surface area contributed by atoms with E-state index in [1.54, 1.807) is 37.3 Å². The quantitative estimate of drug-likeness (QED) is 0.645. The van der Waals surface area contributed by atoms with Gasteiger partial charge in [0.2, 0.25) is 0 Å². The highest BCUT2D eigenvalue weighted by Crippen LogP contribution is 2.22. The van der Waals surface area contributed by atoms with E-state index in [4.69, 9.17) is 23.2 Å². The number of rotatable bonds is 3. The van der Waals surface area contributed by atoms with Gasteiger partial charge >= 0.3 is 0 Å². The number of hydrazone groups is 1. The lowest BCUT2D eigenvalue weighted by atomic mass is 10.1. The summed E-state index contributed by atoms with van der Waals surface area (Å²) in [6.07, 6.45) is 0. The Morgan fingerprint density at radius 3 is 2.37 bits per heavy atom. The van der Waals surface area contributed by atoms with Crippen LogP contribution in [0.3, 0.4) is 0 Å². The maximum atomic E-state index is 9.75. The molecule has 3 nitrogen and oxygen atoms in total. The van der Waals surface area contributed by atoms with Crippen LogP contribution in [0.1, 0.15) is 12.5 Å². The van der Waals surface area contributed by atoms with Crippen molar-refractivity contribution in [2.75, 3.05) is 5.43 Å². The zero-order valence-electron chi connectivity index (χ0n) is 10.2. The first-order valence-corrected chi connectivity index (χ1v) is 6.36. The average Bonchev–Trinajstić information content (AvgIpc) is 2.40. The maximum absolute atomic E-state index is 9.75. The molecule has 0 saturated carbocycles. The third-order valence-corrected chi connectivity index (χ3v) is 3.03. The van der Waals surface area contributed by atoms with Crippen LogP contribution >= 0.6 is 23.2 Å². The topological polar surface area (TPSA) is 44.6 Å². The van der Waals surface area contributed by atoms with Crippen LogP contribution in [-0.4, -0.2) is 10.8 Å². The van der Waals surface area contributed by atoms with E-state index in [0.29, 0.717) is 21.3 Å². The number of anilines is 1. The fourth-order valence-electron chi connectivity index (χ4n) is 1.53. The van der Waals surface area contributed by atoms with E-state index in [1.165, 1.54) is 0 Å². The van der Waals surface area contributed by atoms with Crippen molar-refractivity contribution in [2.24, 2.45) is 5.10 Å². The normalized spacial score (nSPS) is 11.4. The summed E-state index contributed by atoms with van der Waals surface area (Å²) in [6.45, 7) is 1.79. The molecule has 0 aromatic heterocycles. The summed E-state index contributed by atoms with van der Waals surface area (Å²) in [6, 6.07) is 12.0. The van der Waals surface area contributed by atoms with E-state index >= 15 is 0 Å². The first kappa shape index (κ1) is 13.7. The molecule has 98 valence electrons. The van der Waals surface area contributed by atoms with Crippen molar-refractivity contribution in [3.8, 4) is 5.75 Å². The molecule has 0 radical (unpaired) electrons. The van der Waals surface area contributed by atoms with Gasteiger partial charge in [0.15, 0.2) is 0 Å². The molecule has 0 atom stereocenters. The fraction of sp³-hybridized carbons (Fsp3) is 0.0714. The standard InChI is InChI=1S/C14H12Cl2N2O/c1-9(13-8-11(16)4-7-14(13)19)17-18-12-5-2-10(15)3-6-12/h2-8,18-19H,1H3/b17-9+. The van der Waals surface area contributed by atoms with E-state index < -0.39 is 0 Å². The minimum absolute atomic E-state index is 0.142. The van der Waals surface area contributed by atoms with Gasteiger partial charge in [-0.3, -0.25) is 5.43 Å². The number of phenols is 1. The Morgan fingerprint density at radius 2 is 1.68 bits per heavy atom. The minimum atomic E-state index is 0.142. The first-order chi connectivity index (χ1) is 9.06. The number of phenolic OH excluding ortho intramolecular Hbond substituents is 1. The SMILES string of the molecule is C/C(=N\Nc1ccc(Cl)cc1)c1cc(Cl)ccc1O. The molecular formula is C14H12Cl2N2O. The molecule has 0 aliphatic rings. The summed E-state index contributed by atoms with van der Waals surface area (Å²) in [5, 5.41) is 15.2. The third-order valence-electron chi connectivity index (χ3n) is 2.55. The van der Waals surface area contributed by atoms with E-state index in [0.717, 1.165) is 5.69 Å². The number of hydrogen-bond acceptors (Lipinski definition) is 3. The molecule has 0 spiro atoms. The molecule has 0 saturated heterocycles. The number of aromatic hydroxyl groups is 1. The Hall–Kier alpha value is -1.71. The summed E-state index contributed by atoms with van der Waals surface area (Å²) in [5.41, 5.74) is 4.93. The smallest absolute Gasteiger partial charge is 0.124 e. The van der Waals surface area contributed by atoms with Crippen molar-refractivity contribution in [2.45, 2.75) is 6.92 Å². The highest BCUT2D eigenvalue weighted by atomic mass is 35.5. The molecule has 2 aromatic carbocycles. The monoisotopic (exact) mass is 294 g/mol. The van der Waals surface area contributed by atoms with Gasteiger partial charge in [-0.25, -0.2) is 0 Å². The van der Waals surface area contributed by atoms with Gasteiger partial charge in [0.1, 0.15) is 5.75 Å². The molecule has 0 fully saturated rings. The van der Waals surface area contributed by atoms with Crippen molar-refractivity contribution in [3.63, 3.8) is 0 Å². The van der Waals surface area contributed by atoms with Crippen molar-refractivity contribution < 1.29 is 5.11 Å². The van der Waals surface area contributed by atoms with Gasteiger partial charge in [-0.15, -0.1) is 0 Å². The number of benzene rings is 2. The highest BCUT2D eigenvalue weighted by molar-refractivity contribution is 6.31. The minimum Gasteiger partial charge on any atom is -0.507 e. The maximum Gasteiger partial charge on any atom is 0.124 e. The molecule has 2 N–H and O–H groups in total. The Labute approximate surface area is 121 Å². The van der Waals surface area contributed by atoms with Crippen molar-refractivity contribution in [3.05, 3.63) is 58.1 Å². The van der Waals surface area contributed by atoms with Gasteiger partial charge in [0, 0.05) is 15.6 Å². The highest BCUT2D eigenvalue weighted by Gasteiger charge is 2.05. The van der Waals surface area contributed by atoms with Gasteiger partial charge < -0.3 is 5.11 Å². The Kier molecular flexibility index (Phi) is 4.30. The molecule has 0 bridgehead atoms. The van der Waals surface area contributed by atoms with Gasteiger partial charge in [0.05, 0.1) is 11.4 Å². The zero-order chi connectivity index (χ0) is 13.8. The van der Waals surface area contributed by atoms with Crippen LogP contribution < -0.4 is 5.43 Å². The molecule has 2 rings (SSSR count). The van der Waals surface area contributed by atoms with Gasteiger partial charge in [-0.1, -0.05) is 23.2 Å². The van der Waals surface area contributed by atoms with Crippen LogP contribution in [0.5, 0.6) is 5.75 Å². The average molecular weight is 295 g/mol. The second-order valence-corrected chi connectivity index (χ2v) is 4.85. The first-order valence-electron chi connectivity index (χ1n) is 5.61. The molecule has 0 amide bonds. The summed E-state index contributed by atoms with van der Waals surface area (Å²) >= 11 is 11.7. The molecule has 19 heavy (non-hydrogen) atoms. The summed E-state index contributed by atoms with van der Waals surface area (Å²) in [5.74, 6) is 0.142. The number of hydrogen-bond donors (Lipinski definition) is 2. The van der Waals surface area contributed by atoms with Crippen LogP contribution in [0.15, 0.2) is 47.6 Å². The van der Waals surface area contributed by atoms with Crippen molar-refractivity contribution in [1.29, 1.82) is 0 Å². The Bertz CT molecular complexity index is 609. The van der Waals surface area contributed by atoms with Crippen LogP contribution in [0, 0.1) is 0 Å². The second-order valence-electron chi connectivity index (χ2n) is 3.98. The van der Waals surface area contributed by atoms with Crippen molar-refractivity contribution in [1.82, 2.24) is 0 Å². The molecule has 0 heterocycles. The zero-order valence-corrected chi connectivity index (χ0v) is 11.7. The Morgan fingerprint density at radius 1 is 1.05 bits per heavy atom. The Balaban J connectivity index is 2.19. The van der Waals surface area contributed by atoms with Gasteiger partial charge in [-0.05, 0) is 49.4 Å². The summed E-state index contributed by atoms with van der Waals surface area (Å²) < 4.78 is 0. The molecule has 0 aliphatic carbocycles. The van der Waals surface area contributed by atoms with Gasteiger partial charge in [-0.2, -0.15) is 5.10 Å². The summed E-state index contributed by atoms with van der Waals surface area (Å²) in [4.78, 5) is 0. The summed E-state index contributed by atoms with van der Waals surface area (Å²) in [7, 11) is 0. The molecular weight excluding hydrogens is 283 g/mol. The lowest BCUT2D eigenvalue weighted by Crippen LogP contribution is -2.00. The van der Waals surface area contributed by atoms with E-state index in [2.05, 4.69) is 10.5 Å². The van der Waals surface area contributed by atoms with Gasteiger partial charge in [0.25, 0.3) is 0 Å². The predicted octanol–water partition coefficient (Wildman–Crippen LogP) is 4.54. The fourth-order valence-corrected chi connectivity index (χ4v) is 1.83. The molecule has 0 aliphatic heterocycles. The third kappa shape index (κ3) is 3.63. The molecule has 5 heteroatoms. The number of halogens is 2. The number of nitrogens with one attached hydrogen (secondary N) is 1. The van der Waals surface area contributed by atoms with Crippen molar-refractivity contribution >= 4 is 34.6 Å². The number of nitrogens with zero attached hydrogens (tertiary/aromatic N) is 1. The van der Waals surface area contributed by atoms with Crippen LogP contribution in [0.2, 0.25) is 10.0 Å². The molecule has 0 unspecified atom stereocenters. The van der Waals surface area contributed by atoms with E-state index in [9.17, 15) is 5.11 Å². The van der Waals surface area contributed by atoms with Crippen LogP contribution in [0.25, 0.3) is 0 Å². The van der Waals surface area contributed by atoms with E-state index in [-0.39, 0.29) is 5.75 Å². The second kappa shape index (κ2) is 5.95. The van der Waals surface area contributed by atoms with Crippen LogP contribution in [-0.2, 0) is 0 Å². The van der Waals surface area contributed by atoms with E-state index in [1.807, 2.05) is 12.1 Å². The lowest BCUT2D eigenvalue weighted by Gasteiger charge is -2.06. The molecule has 2 aromatic rings.